The Balaban J connectivity index is 0. The number of nitrogens with zero attached hydrogens (tertiary/aromatic N) is 1. The Morgan fingerprint density at radius 1 is 1.20 bits per heavy atom. The first kappa shape index (κ1) is 21.9. The van der Waals surface area contributed by atoms with Crippen molar-refractivity contribution in [1.82, 2.24) is 0 Å². The van der Waals surface area contributed by atoms with Crippen LogP contribution in [0.2, 0.25) is 0 Å². The number of phosphoric acid groups is 1. The fraction of sp³-hybridized carbons (Fsp3) is 0.727. The van der Waals surface area contributed by atoms with Gasteiger partial charge in [-0.3, -0.25) is 9.05 Å². The van der Waals surface area contributed by atoms with E-state index >= 15 is 0 Å². The summed E-state index contributed by atoms with van der Waals surface area (Å²) in [4.78, 5) is 20.3. The minimum absolute atomic E-state index is 0. The molecule has 0 saturated heterocycles. The third-order valence-corrected chi connectivity index (χ3v) is 2.95. The van der Waals surface area contributed by atoms with Gasteiger partial charge in [0.1, 0.15) is 19.8 Å². The van der Waals surface area contributed by atoms with Crippen molar-refractivity contribution in [2.45, 2.75) is 6.92 Å². The van der Waals surface area contributed by atoms with Gasteiger partial charge in [-0.1, -0.05) is 6.58 Å². The number of carbonyl (C=O) groups excluding carboxylic acids is 1. The van der Waals surface area contributed by atoms with E-state index in [9.17, 15) is 14.3 Å². The topological polar surface area (TPSA) is 82.1 Å². The van der Waals surface area contributed by atoms with Crippen LogP contribution in [-0.4, -0.2) is 62.9 Å². The Kier molecular flexibility index (Phi) is 10.4. The third kappa shape index (κ3) is 12.6. The normalized spacial score (nSPS) is 14.1. The summed E-state index contributed by atoms with van der Waals surface area (Å²) in [5, 5.41) is 0. The minimum Gasteiger partial charge on any atom is -1.00 e. The van der Waals surface area contributed by atoms with Gasteiger partial charge >= 0.3 is 13.8 Å². The fourth-order valence-corrected chi connectivity index (χ4v) is 1.57. The van der Waals surface area contributed by atoms with E-state index in [-0.39, 0.29) is 37.8 Å². The minimum atomic E-state index is -4.09. The highest BCUT2D eigenvalue weighted by molar-refractivity contribution is 7.47. The van der Waals surface area contributed by atoms with Gasteiger partial charge in [0.15, 0.2) is 0 Å². The van der Waals surface area contributed by atoms with Crippen LogP contribution in [0.4, 0.5) is 0 Å². The van der Waals surface area contributed by atoms with Gasteiger partial charge in [0, 0.05) is 5.57 Å². The molecule has 0 aromatic heterocycles. The van der Waals surface area contributed by atoms with Crippen molar-refractivity contribution in [1.29, 1.82) is 0 Å². The molecule has 20 heavy (non-hydrogen) atoms. The summed E-state index contributed by atoms with van der Waals surface area (Å²) in [6.07, 6.45) is 0. The van der Waals surface area contributed by atoms with Crippen LogP contribution < -0.4 is 12.4 Å². The molecule has 0 saturated carbocycles. The average molecular weight is 332 g/mol. The van der Waals surface area contributed by atoms with Gasteiger partial charge in [0.05, 0.1) is 27.7 Å². The third-order valence-electron chi connectivity index (χ3n) is 1.94. The van der Waals surface area contributed by atoms with Crippen LogP contribution in [0.25, 0.3) is 0 Å². The molecule has 0 rings (SSSR count). The SMILES string of the molecule is C=C(C)C(=O)OCCOP(=O)(O)OCC[N+](C)(C)C.[Cl-]. The number of rotatable bonds is 9. The Hall–Kier alpha value is -0.430. The molecule has 0 fully saturated rings. The van der Waals surface area contributed by atoms with Crippen molar-refractivity contribution >= 4 is 13.8 Å². The lowest BCUT2D eigenvalue weighted by molar-refractivity contribution is -0.870. The predicted octanol–water partition coefficient (Wildman–Crippen LogP) is -2.05. The summed E-state index contributed by atoms with van der Waals surface area (Å²) >= 11 is 0. The van der Waals surface area contributed by atoms with E-state index < -0.39 is 13.8 Å². The standard InChI is InChI=1S/C11H22NO6P.ClH/c1-10(2)11(13)16-8-9-18-19(14,15)17-7-6-12(3,4)5;/h1,6-9H2,2-5H3;1H. The van der Waals surface area contributed by atoms with E-state index in [0.717, 1.165) is 0 Å². The van der Waals surface area contributed by atoms with Crippen LogP contribution in [-0.2, 0) is 23.1 Å². The number of ether oxygens (including phenoxy) is 1. The van der Waals surface area contributed by atoms with Crippen molar-refractivity contribution in [2.24, 2.45) is 0 Å². The maximum atomic E-state index is 11.4. The van der Waals surface area contributed by atoms with Crippen LogP contribution >= 0.6 is 7.82 Å². The van der Waals surface area contributed by atoms with Crippen molar-refractivity contribution < 1.29 is 44.9 Å². The molecule has 0 spiro atoms. The van der Waals surface area contributed by atoms with E-state index in [1.165, 1.54) is 6.92 Å². The van der Waals surface area contributed by atoms with Gasteiger partial charge in [-0.2, -0.15) is 0 Å². The molecule has 0 aromatic rings. The monoisotopic (exact) mass is 331 g/mol. The Labute approximate surface area is 126 Å². The molecule has 0 radical (unpaired) electrons. The van der Waals surface area contributed by atoms with Crippen molar-refractivity contribution in [3.63, 3.8) is 0 Å². The molecule has 1 unspecified atom stereocenters. The summed E-state index contributed by atoms with van der Waals surface area (Å²) < 4.78 is 26.2. The summed E-state index contributed by atoms with van der Waals surface area (Å²) in [7, 11) is 1.72. The first-order valence-corrected chi connectivity index (χ1v) is 7.28. The lowest BCUT2D eigenvalue weighted by atomic mass is 10.4. The van der Waals surface area contributed by atoms with Gasteiger partial charge < -0.3 is 26.5 Å². The highest BCUT2D eigenvalue weighted by Gasteiger charge is 2.22. The van der Waals surface area contributed by atoms with Gasteiger partial charge in [-0.15, -0.1) is 0 Å². The van der Waals surface area contributed by atoms with E-state index in [1.807, 2.05) is 21.1 Å². The van der Waals surface area contributed by atoms with Crippen LogP contribution in [0.1, 0.15) is 6.92 Å². The van der Waals surface area contributed by atoms with Gasteiger partial charge in [0.25, 0.3) is 0 Å². The number of quaternary nitrogens is 1. The largest absolute Gasteiger partial charge is 1.00 e. The quantitative estimate of drug-likeness (QED) is 0.172. The number of phosphoric ester groups is 1. The molecule has 0 aliphatic heterocycles. The Morgan fingerprint density at radius 2 is 1.70 bits per heavy atom. The summed E-state index contributed by atoms with van der Waals surface area (Å²) in [5.74, 6) is -0.567. The molecule has 0 aliphatic rings. The van der Waals surface area contributed by atoms with Crippen molar-refractivity contribution in [2.75, 3.05) is 47.5 Å². The van der Waals surface area contributed by atoms with Gasteiger partial charge in [-0.25, -0.2) is 9.36 Å². The zero-order chi connectivity index (χ0) is 15.1. The molecule has 1 atom stereocenters. The first-order chi connectivity index (χ1) is 8.53. The average Bonchev–Trinajstić information content (AvgIpc) is 2.21. The van der Waals surface area contributed by atoms with E-state index in [1.54, 1.807) is 0 Å². The van der Waals surface area contributed by atoms with Crippen LogP contribution in [0, 0.1) is 0 Å². The lowest BCUT2D eigenvalue weighted by Gasteiger charge is -2.23. The lowest BCUT2D eigenvalue weighted by Crippen LogP contribution is -3.00. The molecular formula is C11H23ClNO6P. The first-order valence-electron chi connectivity index (χ1n) is 5.78. The zero-order valence-corrected chi connectivity index (χ0v) is 13.9. The molecular weight excluding hydrogens is 309 g/mol. The fourth-order valence-electron chi connectivity index (χ4n) is 0.878. The van der Waals surface area contributed by atoms with E-state index in [2.05, 4.69) is 11.1 Å². The van der Waals surface area contributed by atoms with Crippen LogP contribution in [0.15, 0.2) is 12.2 Å². The number of esters is 1. The molecule has 7 nitrogen and oxygen atoms in total. The Bertz CT molecular complexity index is 368. The molecule has 1 N–H and O–H groups in total. The molecule has 0 aliphatic carbocycles. The van der Waals surface area contributed by atoms with Crippen molar-refractivity contribution in [3.05, 3.63) is 12.2 Å². The van der Waals surface area contributed by atoms with Crippen LogP contribution in [0.5, 0.6) is 0 Å². The maximum absolute atomic E-state index is 11.4. The molecule has 120 valence electrons. The molecule has 9 heteroatoms. The predicted molar refractivity (Wildman–Crippen MR) is 70.4 cm³/mol. The molecule has 0 amide bonds. The number of halogens is 1. The second kappa shape index (κ2) is 9.50. The second-order valence-corrected chi connectivity index (χ2v) is 6.52. The number of likely N-dealkylation sites (N-methyl/N-ethyl adjacent to an activating group) is 1. The molecule has 0 aromatic carbocycles. The highest BCUT2D eigenvalue weighted by Crippen LogP contribution is 2.42. The molecule has 0 heterocycles. The summed E-state index contributed by atoms with van der Waals surface area (Å²) in [6, 6.07) is 0. The number of hydrogen-bond donors (Lipinski definition) is 1. The number of carbonyl (C=O) groups is 1. The highest BCUT2D eigenvalue weighted by atomic mass is 35.5. The molecule has 0 bridgehead atoms. The van der Waals surface area contributed by atoms with Crippen LogP contribution in [0.3, 0.4) is 0 Å². The summed E-state index contributed by atoms with van der Waals surface area (Å²) in [5.41, 5.74) is 0.256. The van der Waals surface area contributed by atoms with E-state index in [0.29, 0.717) is 11.0 Å². The van der Waals surface area contributed by atoms with E-state index in [4.69, 9.17) is 9.26 Å². The zero-order valence-electron chi connectivity index (χ0n) is 12.3. The van der Waals surface area contributed by atoms with Gasteiger partial charge in [0.2, 0.25) is 0 Å². The Morgan fingerprint density at radius 3 is 2.15 bits per heavy atom. The maximum Gasteiger partial charge on any atom is 0.472 e. The van der Waals surface area contributed by atoms with Gasteiger partial charge in [-0.05, 0) is 6.92 Å². The van der Waals surface area contributed by atoms with Crippen molar-refractivity contribution in [3.8, 4) is 0 Å². The number of hydrogen-bond acceptors (Lipinski definition) is 5. The summed E-state index contributed by atoms with van der Waals surface area (Å²) in [6.45, 7) is 5.23. The smallest absolute Gasteiger partial charge is 0.472 e. The second-order valence-electron chi connectivity index (χ2n) is 5.07.